The number of halogens is 3. The first kappa shape index (κ1) is 52.2. The number of hydrogen-bond acceptors (Lipinski definition) is 22. The van der Waals surface area contributed by atoms with E-state index in [1.165, 1.54) is 4.68 Å². The molecule has 374 valence electrons. The quantitative estimate of drug-likeness (QED) is 0.0589. The van der Waals surface area contributed by atoms with Gasteiger partial charge in [-0.2, -0.15) is 0 Å². The Morgan fingerprint density at radius 2 is 1.13 bits per heavy atom. The predicted octanol–water partition coefficient (Wildman–Crippen LogP) is -2.44. The third-order valence-electron chi connectivity index (χ3n) is 12.2. The second-order valence-electron chi connectivity index (χ2n) is 17.1. The summed E-state index contributed by atoms with van der Waals surface area (Å²) in [6, 6.07) is 5.51. The van der Waals surface area contributed by atoms with Crippen molar-refractivity contribution >= 4 is 34.8 Å². The van der Waals surface area contributed by atoms with Gasteiger partial charge in [-0.15, -0.1) is 5.10 Å². The van der Waals surface area contributed by atoms with Crippen molar-refractivity contribution in [1.82, 2.24) is 15.0 Å². The zero-order valence-corrected chi connectivity index (χ0v) is 38.3. The summed E-state index contributed by atoms with van der Waals surface area (Å²) in [7, 11) is 0. The van der Waals surface area contributed by atoms with E-state index in [0.29, 0.717) is 63.9 Å². The molecule has 3 aliphatic heterocycles. The van der Waals surface area contributed by atoms with Crippen LogP contribution >= 0.6 is 34.8 Å². The first-order valence-corrected chi connectivity index (χ1v) is 23.0. The molecule has 0 radical (unpaired) electrons. The number of rotatable bonds is 18. The molecule has 0 spiro atoms. The molecule has 67 heavy (non-hydrogen) atoms. The van der Waals surface area contributed by atoms with Crippen LogP contribution in [-0.2, 0) is 41.4 Å². The number of aliphatic hydroxyl groups excluding tert-OH is 6. The number of unbranched alkanes of at least 4 members (excludes halogenated alkanes) is 1. The summed E-state index contributed by atoms with van der Waals surface area (Å²) < 4.78 is 49.9. The van der Waals surface area contributed by atoms with Crippen LogP contribution in [0, 0.1) is 0 Å². The molecule has 0 bridgehead atoms. The monoisotopic (exact) mass is 1010 g/mol. The largest absolute Gasteiger partial charge is 0.493 e. The number of hydrogen-bond donors (Lipinski definition) is 12. The average Bonchev–Trinajstić information content (AvgIpc) is 3.85. The van der Waals surface area contributed by atoms with Crippen molar-refractivity contribution < 1.29 is 68.5 Å². The Morgan fingerprint density at radius 3 is 1.75 bits per heavy atom. The molecule has 3 saturated heterocycles. The van der Waals surface area contributed by atoms with Crippen LogP contribution in [0.1, 0.15) is 25.0 Å². The van der Waals surface area contributed by atoms with Gasteiger partial charge < -0.3 is 103 Å². The zero-order chi connectivity index (χ0) is 48.3. The van der Waals surface area contributed by atoms with Crippen molar-refractivity contribution in [3.8, 4) is 17.2 Å². The Hall–Kier alpha value is -2.67. The van der Waals surface area contributed by atoms with Crippen LogP contribution in [-0.4, -0.2) is 182 Å². The smallest absolute Gasteiger partial charge is 0.187 e. The number of nitrogens with two attached hydrogens (primary N) is 6. The number of aliphatic hydroxyl groups is 6. The molecule has 1 aliphatic carbocycles. The van der Waals surface area contributed by atoms with Crippen LogP contribution < -0.4 is 43.9 Å². The number of nitrogens with zero attached hydrogens (tertiary/aromatic N) is 3. The van der Waals surface area contributed by atoms with E-state index in [1.807, 2.05) is 0 Å². The first-order chi connectivity index (χ1) is 31.9. The minimum absolute atomic E-state index is 0.0661. The molecule has 2 aromatic carbocycles. The van der Waals surface area contributed by atoms with Crippen LogP contribution in [0.3, 0.4) is 0 Å². The maximum Gasteiger partial charge on any atom is 0.187 e. The minimum atomic E-state index is -1.63. The Morgan fingerprint density at radius 1 is 0.597 bits per heavy atom. The Balaban J connectivity index is 1.01. The fraction of sp³-hybridized carbons (Fsp3) is 0.659. The van der Waals surface area contributed by atoms with Crippen LogP contribution in [0.15, 0.2) is 42.6 Å². The van der Waals surface area contributed by atoms with E-state index < -0.39 is 116 Å². The molecule has 4 aliphatic rings. The molecule has 26 heteroatoms. The first-order valence-electron chi connectivity index (χ1n) is 21.8. The summed E-state index contributed by atoms with van der Waals surface area (Å²) in [5, 5.41) is 75.3. The molecule has 4 heterocycles. The van der Waals surface area contributed by atoms with Crippen molar-refractivity contribution in [3.05, 3.63) is 63.4 Å². The van der Waals surface area contributed by atoms with Gasteiger partial charge in [0.05, 0.1) is 37.0 Å². The van der Waals surface area contributed by atoms with Crippen molar-refractivity contribution in [2.75, 3.05) is 19.7 Å². The average molecular weight is 1010 g/mol. The van der Waals surface area contributed by atoms with E-state index >= 15 is 0 Å². The van der Waals surface area contributed by atoms with Gasteiger partial charge in [0.2, 0.25) is 0 Å². The molecule has 1 saturated carbocycles. The maximum absolute atomic E-state index is 11.9. The number of ether oxygens (including phenoxy) is 8. The Labute approximate surface area is 400 Å². The van der Waals surface area contributed by atoms with Crippen molar-refractivity contribution in [3.63, 3.8) is 0 Å². The highest BCUT2D eigenvalue weighted by Crippen LogP contribution is 2.36. The molecule has 23 nitrogen and oxygen atoms in total. The van der Waals surface area contributed by atoms with Crippen LogP contribution in [0.4, 0.5) is 0 Å². The number of aryl methyl sites for hydroxylation is 1. The fourth-order valence-corrected chi connectivity index (χ4v) is 9.19. The molecular formula is C41H60Cl3N9O14. The molecule has 3 aromatic rings. The lowest BCUT2D eigenvalue weighted by molar-refractivity contribution is -0.306. The third kappa shape index (κ3) is 12.4. The fourth-order valence-electron chi connectivity index (χ4n) is 8.47. The zero-order valence-electron chi connectivity index (χ0n) is 36.1. The molecule has 18 N–H and O–H groups in total. The standard InChI is InChI=1S/C41H60Cl3N9O14/c42-16-5-17(43)8-21(7-16)61-22-9-18(44)6-20(10-22)60-4-2-1-3-19-14-53(52-51-19)15-27-37(66-40-29(50)34(58)32(56)26(13-46)63-40)35(59)41(64-27)67-38-30(54)23(47)11-24(48)36(38)65-39-28(49)33(57)31(55)25(12-45)62-39/h5-10,14,23-41,54-59H,1-4,11-13,15,45-50H2/t23-,24+,25-,26+,27-,28-,29+,30+,31-,32+,33-,34+,35-,36-,37-,38-,39+,40+,41-/m1/s1. The van der Waals surface area contributed by atoms with Gasteiger partial charge in [-0.3, -0.25) is 0 Å². The van der Waals surface area contributed by atoms with Gasteiger partial charge in [-0.25, -0.2) is 4.68 Å². The summed E-state index contributed by atoms with van der Waals surface area (Å²) in [6.07, 6.45) is -16.6. The van der Waals surface area contributed by atoms with Crippen molar-refractivity contribution in [2.24, 2.45) is 34.4 Å². The van der Waals surface area contributed by atoms with E-state index in [-0.39, 0.29) is 26.1 Å². The lowest BCUT2D eigenvalue weighted by Crippen LogP contribution is -2.68. The highest BCUT2D eigenvalue weighted by molar-refractivity contribution is 6.34. The highest BCUT2D eigenvalue weighted by Gasteiger charge is 2.54. The summed E-state index contributed by atoms with van der Waals surface area (Å²) in [6.45, 7) is -0.0780. The van der Waals surface area contributed by atoms with Gasteiger partial charge >= 0.3 is 0 Å². The normalized spacial score (nSPS) is 38.0. The second kappa shape index (κ2) is 23.0. The van der Waals surface area contributed by atoms with Gasteiger partial charge in [0, 0.05) is 52.5 Å². The van der Waals surface area contributed by atoms with Gasteiger partial charge in [0.15, 0.2) is 18.9 Å². The lowest BCUT2D eigenvalue weighted by atomic mass is 9.84. The van der Waals surface area contributed by atoms with E-state index in [4.69, 9.17) is 107 Å². The third-order valence-corrected chi connectivity index (χ3v) is 12.8. The number of benzene rings is 2. The summed E-state index contributed by atoms with van der Waals surface area (Å²) in [5.74, 6) is 1.37. The van der Waals surface area contributed by atoms with Crippen LogP contribution in [0.2, 0.25) is 15.1 Å². The van der Waals surface area contributed by atoms with Gasteiger partial charge in [0.25, 0.3) is 0 Å². The molecule has 1 aromatic heterocycles. The summed E-state index contributed by atoms with van der Waals surface area (Å²) in [5.41, 5.74) is 37.4. The van der Waals surface area contributed by atoms with Crippen LogP contribution in [0.5, 0.6) is 17.2 Å². The lowest BCUT2D eigenvalue weighted by Gasteiger charge is -2.47. The molecule has 7 rings (SSSR count). The predicted molar refractivity (Wildman–Crippen MR) is 238 cm³/mol. The van der Waals surface area contributed by atoms with E-state index in [2.05, 4.69) is 10.3 Å². The van der Waals surface area contributed by atoms with E-state index in [0.717, 1.165) is 0 Å². The second-order valence-corrected chi connectivity index (χ2v) is 18.4. The van der Waals surface area contributed by atoms with Crippen molar-refractivity contribution in [1.29, 1.82) is 0 Å². The van der Waals surface area contributed by atoms with Crippen LogP contribution in [0.25, 0.3) is 0 Å². The molecule has 0 unspecified atom stereocenters. The highest BCUT2D eigenvalue weighted by atomic mass is 35.5. The maximum atomic E-state index is 11.9. The Bertz CT molecular complexity index is 2050. The topological polar surface area (TPSA) is 382 Å². The molecule has 19 atom stereocenters. The van der Waals surface area contributed by atoms with Gasteiger partial charge in [-0.05, 0) is 56.0 Å². The SMILES string of the molecule is NC[C@@H]1O[C@@H](O[C@H]2[C@@H](O)[C@@H](O[C@@H]3[C@@H](O)[C@H](N)C[C@H](N)[C@H]3O[C@@H]3O[C@H](CN)[C@@H](O)[C@H](O)[C@H]3N)O[C@@H]2Cn2cc(CCCCOc3cc(Cl)cc(Oc4cc(Cl)cc(Cl)c4)c3)nn2)[C@@H](N)[C@H](O)[C@H]1O. The molecule has 4 fully saturated rings. The van der Waals surface area contributed by atoms with E-state index in [9.17, 15) is 30.6 Å². The number of aromatic nitrogens is 3. The molecular weight excluding hydrogens is 949 g/mol. The summed E-state index contributed by atoms with van der Waals surface area (Å²) in [4.78, 5) is 0. The van der Waals surface area contributed by atoms with E-state index in [1.54, 1.807) is 42.6 Å². The minimum Gasteiger partial charge on any atom is -0.493 e. The molecule has 0 amide bonds. The Kier molecular flexibility index (Phi) is 17.9. The van der Waals surface area contributed by atoms with Gasteiger partial charge in [-0.1, -0.05) is 40.0 Å². The van der Waals surface area contributed by atoms with Gasteiger partial charge in [0.1, 0.15) is 84.4 Å². The van der Waals surface area contributed by atoms with Crippen molar-refractivity contribution in [2.45, 2.75) is 149 Å². The summed E-state index contributed by atoms with van der Waals surface area (Å²) >= 11 is 18.5.